The zero-order chi connectivity index (χ0) is 22.3. The van der Waals surface area contributed by atoms with Gasteiger partial charge in [0.15, 0.2) is 5.11 Å². The topological polar surface area (TPSA) is 97.0 Å². The molecule has 164 valence electrons. The lowest BCUT2D eigenvalue weighted by atomic mass is 10.1. The van der Waals surface area contributed by atoms with Crippen molar-refractivity contribution in [2.75, 3.05) is 19.7 Å². The van der Waals surface area contributed by atoms with Gasteiger partial charge < -0.3 is 19.7 Å². The minimum Gasteiger partial charge on any atom is -0.492 e. The summed E-state index contributed by atoms with van der Waals surface area (Å²) in [6.45, 7) is 6.78. The van der Waals surface area contributed by atoms with Crippen LogP contribution in [0.5, 0.6) is 5.75 Å². The first-order valence-electron chi connectivity index (χ1n) is 9.74. The molecule has 1 aromatic carbocycles. The van der Waals surface area contributed by atoms with Gasteiger partial charge in [-0.2, -0.15) is 0 Å². The van der Waals surface area contributed by atoms with Crippen LogP contribution < -0.4 is 15.4 Å². The molecule has 1 atom stereocenters. The lowest BCUT2D eigenvalue weighted by Gasteiger charge is -2.36. The van der Waals surface area contributed by atoms with Crippen LogP contribution in [0.3, 0.4) is 0 Å². The third-order valence-electron chi connectivity index (χ3n) is 4.20. The number of rotatable bonds is 7. The van der Waals surface area contributed by atoms with Gasteiger partial charge in [0.1, 0.15) is 11.8 Å². The van der Waals surface area contributed by atoms with Crippen LogP contribution >= 0.6 is 28.1 Å². The Morgan fingerprint density at radius 3 is 2.77 bits per heavy atom. The molecule has 0 bridgehead atoms. The third-order valence-corrected chi connectivity index (χ3v) is 5.15. The summed E-state index contributed by atoms with van der Waals surface area (Å²) >= 11 is 8.76. The van der Waals surface area contributed by atoms with E-state index in [9.17, 15) is 14.4 Å². The maximum absolute atomic E-state index is 12.7. The number of halogens is 1. The Hall–Kier alpha value is -2.20. The second kappa shape index (κ2) is 11.3. The van der Waals surface area contributed by atoms with Crippen molar-refractivity contribution in [2.24, 2.45) is 0 Å². The molecule has 0 saturated carbocycles. The van der Waals surface area contributed by atoms with Gasteiger partial charge >= 0.3 is 5.97 Å². The van der Waals surface area contributed by atoms with Gasteiger partial charge in [0.05, 0.1) is 23.6 Å². The minimum atomic E-state index is -0.839. The van der Waals surface area contributed by atoms with Crippen molar-refractivity contribution in [2.45, 2.75) is 45.8 Å². The molecule has 30 heavy (non-hydrogen) atoms. The van der Waals surface area contributed by atoms with E-state index in [4.69, 9.17) is 21.7 Å². The van der Waals surface area contributed by atoms with Crippen LogP contribution in [0.25, 0.3) is 0 Å². The first-order chi connectivity index (χ1) is 14.2. The van der Waals surface area contributed by atoms with Gasteiger partial charge in [0, 0.05) is 18.7 Å². The van der Waals surface area contributed by atoms with Gasteiger partial charge in [-0.25, -0.2) is 0 Å². The van der Waals surface area contributed by atoms with Crippen molar-refractivity contribution in [3.8, 4) is 5.75 Å². The number of piperazine rings is 1. The molecular formula is C20H26BrN3O5S. The highest BCUT2D eigenvalue weighted by Gasteiger charge is 2.34. The smallest absolute Gasteiger partial charge is 0.308 e. The van der Waals surface area contributed by atoms with Crippen LogP contribution in [0.15, 0.2) is 22.7 Å². The van der Waals surface area contributed by atoms with Crippen LogP contribution in [-0.2, 0) is 14.3 Å². The first-order valence-corrected chi connectivity index (χ1v) is 10.9. The Balaban J connectivity index is 2.06. The molecule has 1 aromatic rings. The molecule has 0 spiro atoms. The Bertz CT molecular complexity index is 818. The average molecular weight is 500 g/mol. The normalized spacial score (nSPS) is 16.1. The Labute approximate surface area is 189 Å². The quantitative estimate of drug-likeness (QED) is 0.439. The van der Waals surface area contributed by atoms with Crippen molar-refractivity contribution in [1.82, 2.24) is 15.5 Å². The highest BCUT2D eigenvalue weighted by Crippen LogP contribution is 2.26. The zero-order valence-corrected chi connectivity index (χ0v) is 19.6. The summed E-state index contributed by atoms with van der Waals surface area (Å²) in [5.41, 5.74) is 0.380. The number of amides is 2. The fourth-order valence-electron chi connectivity index (χ4n) is 2.84. The Morgan fingerprint density at radius 2 is 2.13 bits per heavy atom. The largest absolute Gasteiger partial charge is 0.492 e. The Morgan fingerprint density at radius 1 is 1.40 bits per heavy atom. The lowest BCUT2D eigenvalue weighted by Crippen LogP contribution is -2.60. The van der Waals surface area contributed by atoms with E-state index in [-0.39, 0.29) is 23.5 Å². The summed E-state index contributed by atoms with van der Waals surface area (Å²) in [5, 5.41) is 5.44. The van der Waals surface area contributed by atoms with Crippen molar-refractivity contribution in [1.29, 1.82) is 0 Å². The number of hydrogen-bond acceptors (Lipinski definition) is 6. The molecule has 0 aliphatic carbocycles. The monoisotopic (exact) mass is 499 g/mol. The summed E-state index contributed by atoms with van der Waals surface area (Å²) in [5.74, 6) is -0.610. The fraction of sp³-hybridized carbons (Fsp3) is 0.500. The van der Waals surface area contributed by atoms with Crippen molar-refractivity contribution < 1.29 is 23.9 Å². The van der Waals surface area contributed by atoms with Crippen LogP contribution in [0, 0.1) is 0 Å². The van der Waals surface area contributed by atoms with E-state index in [1.165, 1.54) is 0 Å². The predicted molar refractivity (Wildman–Crippen MR) is 119 cm³/mol. The van der Waals surface area contributed by atoms with Crippen LogP contribution in [-0.4, -0.2) is 59.6 Å². The summed E-state index contributed by atoms with van der Waals surface area (Å²) in [4.78, 5) is 38.5. The molecule has 1 aliphatic heterocycles. The molecule has 2 amide bonds. The van der Waals surface area contributed by atoms with Gasteiger partial charge in [-0.3, -0.25) is 19.7 Å². The fourth-order valence-corrected chi connectivity index (χ4v) is 3.65. The molecule has 1 saturated heterocycles. The number of nitrogens with zero attached hydrogens (tertiary/aromatic N) is 1. The van der Waals surface area contributed by atoms with Crippen molar-refractivity contribution >= 4 is 51.0 Å². The predicted octanol–water partition coefficient (Wildman–Crippen LogP) is 2.39. The van der Waals surface area contributed by atoms with Crippen LogP contribution in [0.1, 0.15) is 44.0 Å². The zero-order valence-electron chi connectivity index (χ0n) is 17.2. The Kier molecular flexibility index (Phi) is 9.04. The molecule has 10 heteroatoms. The molecule has 1 heterocycles. The number of esters is 1. The van der Waals surface area contributed by atoms with E-state index in [2.05, 4.69) is 26.6 Å². The number of thiocarbonyl (C=S) groups is 1. The number of ether oxygens (including phenoxy) is 2. The number of carbonyl (C=O) groups is 3. The number of hydrogen-bond donors (Lipinski definition) is 2. The van der Waals surface area contributed by atoms with Gasteiger partial charge in [-0.1, -0.05) is 6.92 Å². The van der Waals surface area contributed by atoms with Gasteiger partial charge in [-0.15, -0.1) is 0 Å². The summed E-state index contributed by atoms with van der Waals surface area (Å²) < 4.78 is 11.4. The van der Waals surface area contributed by atoms with Crippen molar-refractivity contribution in [3.63, 3.8) is 0 Å². The van der Waals surface area contributed by atoms with E-state index in [0.29, 0.717) is 35.5 Å². The van der Waals surface area contributed by atoms with E-state index in [0.717, 1.165) is 6.42 Å². The van der Waals surface area contributed by atoms with E-state index >= 15 is 0 Å². The second-order valence-corrected chi connectivity index (χ2v) is 8.24. The SMILES string of the molecule is CCCOc1ccc(C(=O)NC(=S)N2CCNC(=O)C2CC(=O)OC(C)C)cc1Br. The molecule has 0 radical (unpaired) electrons. The minimum absolute atomic E-state index is 0.0830. The van der Waals surface area contributed by atoms with E-state index < -0.39 is 17.9 Å². The number of benzene rings is 1. The molecular weight excluding hydrogens is 474 g/mol. The molecule has 2 rings (SSSR count). The maximum atomic E-state index is 12.7. The van der Waals surface area contributed by atoms with Gasteiger partial charge in [-0.05, 0) is 66.6 Å². The van der Waals surface area contributed by atoms with Crippen molar-refractivity contribution in [3.05, 3.63) is 28.2 Å². The van der Waals surface area contributed by atoms with Crippen LogP contribution in [0.2, 0.25) is 0 Å². The van der Waals surface area contributed by atoms with Gasteiger partial charge in [0.2, 0.25) is 5.91 Å². The number of nitrogens with one attached hydrogen (secondary N) is 2. The lowest BCUT2D eigenvalue weighted by molar-refractivity contribution is -0.150. The third kappa shape index (κ3) is 6.66. The molecule has 1 fully saturated rings. The van der Waals surface area contributed by atoms with E-state index in [1.807, 2.05) is 6.92 Å². The molecule has 8 nitrogen and oxygen atoms in total. The summed E-state index contributed by atoms with van der Waals surface area (Å²) in [7, 11) is 0. The first kappa shape index (κ1) is 24.1. The summed E-state index contributed by atoms with van der Waals surface area (Å²) in [6.07, 6.45) is 0.430. The highest BCUT2D eigenvalue weighted by molar-refractivity contribution is 9.10. The standard InChI is InChI=1S/C20H26BrN3O5S/c1-4-9-28-16-6-5-13(10-14(16)21)18(26)23-20(30)24-8-7-22-19(27)15(24)11-17(25)29-12(2)3/h5-6,10,12,15H,4,7-9,11H2,1-3H3,(H,22,27)(H,23,26,30). The van der Waals surface area contributed by atoms with Crippen LogP contribution in [0.4, 0.5) is 0 Å². The van der Waals surface area contributed by atoms with Gasteiger partial charge in [0.25, 0.3) is 5.91 Å². The highest BCUT2D eigenvalue weighted by atomic mass is 79.9. The van der Waals surface area contributed by atoms with E-state index in [1.54, 1.807) is 36.9 Å². The molecule has 2 N–H and O–H groups in total. The maximum Gasteiger partial charge on any atom is 0.308 e. The molecule has 0 aromatic heterocycles. The molecule has 1 unspecified atom stereocenters. The summed E-state index contributed by atoms with van der Waals surface area (Å²) in [6, 6.07) is 4.14. The number of carbonyl (C=O) groups excluding carboxylic acids is 3. The molecule has 1 aliphatic rings. The average Bonchev–Trinajstić information content (AvgIpc) is 2.67. The second-order valence-electron chi connectivity index (χ2n) is 7.00.